The summed E-state index contributed by atoms with van der Waals surface area (Å²) < 4.78 is 1.67. The first kappa shape index (κ1) is 11.2. The van der Waals surface area contributed by atoms with Gasteiger partial charge in [-0.1, -0.05) is 20.8 Å². The third kappa shape index (κ3) is 1.67. The predicted octanol–water partition coefficient (Wildman–Crippen LogP) is 0.612. The standard InChI is InChI=1S/C10H19N3O/c1-9(2,3)10(14,7-11)8-5-6-13(4)12-8/h5-6,14H,7,11H2,1-4H3. The second-order valence-corrected chi connectivity index (χ2v) is 4.69. The van der Waals surface area contributed by atoms with Crippen LogP contribution in [0.4, 0.5) is 0 Å². The molecule has 3 N–H and O–H groups in total. The maximum Gasteiger partial charge on any atom is 0.125 e. The third-order valence-electron chi connectivity index (χ3n) is 2.67. The molecule has 0 amide bonds. The minimum Gasteiger partial charge on any atom is -0.382 e. The largest absolute Gasteiger partial charge is 0.382 e. The highest BCUT2D eigenvalue weighted by Gasteiger charge is 2.42. The van der Waals surface area contributed by atoms with Crippen LogP contribution in [-0.2, 0) is 12.6 Å². The van der Waals surface area contributed by atoms with E-state index >= 15 is 0 Å². The molecule has 1 aromatic rings. The number of aromatic nitrogens is 2. The number of rotatable bonds is 2. The van der Waals surface area contributed by atoms with Crippen molar-refractivity contribution in [1.82, 2.24) is 9.78 Å². The van der Waals surface area contributed by atoms with Gasteiger partial charge < -0.3 is 10.8 Å². The van der Waals surface area contributed by atoms with Gasteiger partial charge in [-0.2, -0.15) is 5.10 Å². The molecule has 4 heteroatoms. The highest BCUT2D eigenvalue weighted by Crippen LogP contribution is 2.37. The van der Waals surface area contributed by atoms with E-state index in [1.165, 1.54) is 0 Å². The zero-order chi connectivity index (χ0) is 11.0. The molecule has 0 fully saturated rings. The van der Waals surface area contributed by atoms with Crippen molar-refractivity contribution >= 4 is 0 Å². The van der Waals surface area contributed by atoms with E-state index in [0.717, 1.165) is 0 Å². The number of hydrogen-bond donors (Lipinski definition) is 2. The van der Waals surface area contributed by atoms with Crippen LogP contribution in [-0.4, -0.2) is 21.4 Å². The first-order valence-corrected chi connectivity index (χ1v) is 4.74. The number of nitrogens with zero attached hydrogens (tertiary/aromatic N) is 2. The monoisotopic (exact) mass is 197 g/mol. The Morgan fingerprint density at radius 2 is 2.07 bits per heavy atom. The normalized spacial score (nSPS) is 16.7. The summed E-state index contributed by atoms with van der Waals surface area (Å²) in [6.45, 7) is 6.03. The lowest BCUT2D eigenvalue weighted by Gasteiger charge is -2.37. The summed E-state index contributed by atoms with van der Waals surface area (Å²) in [4.78, 5) is 0. The molecule has 14 heavy (non-hydrogen) atoms. The van der Waals surface area contributed by atoms with Gasteiger partial charge in [0, 0.05) is 19.8 Å². The average molecular weight is 197 g/mol. The molecule has 4 nitrogen and oxygen atoms in total. The zero-order valence-electron chi connectivity index (χ0n) is 9.28. The summed E-state index contributed by atoms with van der Waals surface area (Å²) in [7, 11) is 1.82. The quantitative estimate of drug-likeness (QED) is 0.730. The molecule has 1 unspecified atom stereocenters. The van der Waals surface area contributed by atoms with Crippen LogP contribution in [0.1, 0.15) is 26.5 Å². The second-order valence-electron chi connectivity index (χ2n) is 4.69. The van der Waals surface area contributed by atoms with E-state index < -0.39 is 5.60 Å². The number of aliphatic hydroxyl groups is 1. The summed E-state index contributed by atoms with van der Waals surface area (Å²) in [6.07, 6.45) is 1.81. The Labute approximate surface area is 84.7 Å². The average Bonchev–Trinajstić information content (AvgIpc) is 2.48. The molecule has 0 aliphatic rings. The van der Waals surface area contributed by atoms with Crippen LogP contribution in [0.2, 0.25) is 0 Å². The van der Waals surface area contributed by atoms with Gasteiger partial charge in [0.2, 0.25) is 0 Å². The molecule has 80 valence electrons. The van der Waals surface area contributed by atoms with Gasteiger partial charge >= 0.3 is 0 Å². The Balaban J connectivity index is 3.14. The number of aryl methyl sites for hydroxylation is 1. The summed E-state index contributed by atoms with van der Waals surface area (Å²) >= 11 is 0. The van der Waals surface area contributed by atoms with E-state index in [-0.39, 0.29) is 12.0 Å². The Hall–Kier alpha value is -0.870. The first-order valence-electron chi connectivity index (χ1n) is 4.74. The SMILES string of the molecule is Cn1ccc(C(O)(CN)C(C)(C)C)n1. The Bertz CT molecular complexity index is 313. The summed E-state index contributed by atoms with van der Waals surface area (Å²) in [6, 6.07) is 1.80. The summed E-state index contributed by atoms with van der Waals surface area (Å²) in [5.41, 5.74) is 4.88. The maximum absolute atomic E-state index is 10.4. The lowest BCUT2D eigenvalue weighted by molar-refractivity contribution is -0.0596. The fourth-order valence-electron chi connectivity index (χ4n) is 1.43. The van der Waals surface area contributed by atoms with Crippen molar-refractivity contribution in [3.63, 3.8) is 0 Å². The van der Waals surface area contributed by atoms with Crippen molar-refractivity contribution in [2.75, 3.05) is 6.54 Å². The van der Waals surface area contributed by atoms with E-state index in [4.69, 9.17) is 5.73 Å². The second kappa shape index (κ2) is 3.37. The van der Waals surface area contributed by atoms with E-state index in [9.17, 15) is 5.11 Å². The molecule has 0 radical (unpaired) electrons. The summed E-state index contributed by atoms with van der Waals surface area (Å²) in [5.74, 6) is 0. The van der Waals surface area contributed by atoms with Crippen LogP contribution >= 0.6 is 0 Å². The van der Waals surface area contributed by atoms with Gasteiger partial charge in [-0.15, -0.1) is 0 Å². The van der Waals surface area contributed by atoms with Gasteiger partial charge in [0.1, 0.15) is 5.60 Å². The third-order valence-corrected chi connectivity index (χ3v) is 2.67. The number of hydrogen-bond acceptors (Lipinski definition) is 3. The molecule has 0 saturated heterocycles. The van der Waals surface area contributed by atoms with Crippen molar-refractivity contribution in [2.45, 2.75) is 26.4 Å². The molecule has 0 spiro atoms. The minimum atomic E-state index is -1.06. The van der Waals surface area contributed by atoms with Crippen LogP contribution in [0.15, 0.2) is 12.3 Å². The first-order chi connectivity index (χ1) is 6.31. The van der Waals surface area contributed by atoms with Crippen LogP contribution < -0.4 is 5.73 Å². The molecule has 0 aromatic carbocycles. The van der Waals surface area contributed by atoms with Gasteiger partial charge in [-0.3, -0.25) is 4.68 Å². The van der Waals surface area contributed by atoms with E-state index in [0.29, 0.717) is 5.69 Å². The lowest BCUT2D eigenvalue weighted by Crippen LogP contribution is -2.46. The van der Waals surface area contributed by atoms with Crippen molar-refractivity contribution in [2.24, 2.45) is 18.2 Å². The number of nitrogens with two attached hydrogens (primary N) is 1. The highest BCUT2D eigenvalue weighted by atomic mass is 16.3. The fourth-order valence-corrected chi connectivity index (χ4v) is 1.43. The molecule has 1 rings (SSSR count). The molecular weight excluding hydrogens is 178 g/mol. The molecular formula is C10H19N3O. The summed E-state index contributed by atoms with van der Waals surface area (Å²) in [5, 5.41) is 14.6. The molecule has 0 bridgehead atoms. The van der Waals surface area contributed by atoms with Crippen LogP contribution in [0.3, 0.4) is 0 Å². The highest BCUT2D eigenvalue weighted by molar-refractivity contribution is 5.15. The molecule has 1 aromatic heterocycles. The van der Waals surface area contributed by atoms with E-state index in [1.54, 1.807) is 10.7 Å². The van der Waals surface area contributed by atoms with Crippen molar-refractivity contribution in [1.29, 1.82) is 0 Å². The topological polar surface area (TPSA) is 64.1 Å². The zero-order valence-corrected chi connectivity index (χ0v) is 9.28. The van der Waals surface area contributed by atoms with Crippen LogP contribution in [0, 0.1) is 5.41 Å². The molecule has 1 heterocycles. The minimum absolute atomic E-state index is 0.174. The molecule has 0 saturated carbocycles. The smallest absolute Gasteiger partial charge is 0.125 e. The van der Waals surface area contributed by atoms with Crippen LogP contribution in [0.25, 0.3) is 0 Å². The molecule has 0 aliphatic heterocycles. The van der Waals surface area contributed by atoms with Crippen molar-refractivity contribution in [3.8, 4) is 0 Å². The fraction of sp³-hybridized carbons (Fsp3) is 0.700. The molecule has 1 atom stereocenters. The van der Waals surface area contributed by atoms with Gasteiger partial charge in [-0.05, 0) is 11.5 Å². The van der Waals surface area contributed by atoms with E-state index in [1.807, 2.05) is 34.0 Å². The van der Waals surface area contributed by atoms with Crippen molar-refractivity contribution < 1.29 is 5.11 Å². The Kier molecular flexibility index (Phi) is 2.69. The Morgan fingerprint density at radius 3 is 2.36 bits per heavy atom. The van der Waals surface area contributed by atoms with Crippen LogP contribution in [0.5, 0.6) is 0 Å². The molecule has 0 aliphatic carbocycles. The van der Waals surface area contributed by atoms with Gasteiger partial charge in [0.15, 0.2) is 0 Å². The Morgan fingerprint density at radius 1 is 1.50 bits per heavy atom. The lowest BCUT2D eigenvalue weighted by atomic mass is 9.74. The van der Waals surface area contributed by atoms with Gasteiger partial charge in [0.25, 0.3) is 0 Å². The van der Waals surface area contributed by atoms with E-state index in [2.05, 4.69) is 5.10 Å². The van der Waals surface area contributed by atoms with Gasteiger partial charge in [0.05, 0.1) is 5.69 Å². The van der Waals surface area contributed by atoms with Crippen molar-refractivity contribution in [3.05, 3.63) is 18.0 Å². The predicted molar refractivity (Wildman–Crippen MR) is 55.6 cm³/mol. The van der Waals surface area contributed by atoms with Gasteiger partial charge in [-0.25, -0.2) is 0 Å². The maximum atomic E-state index is 10.4.